The van der Waals surface area contributed by atoms with Crippen molar-refractivity contribution in [2.45, 2.75) is 13.0 Å². The third-order valence-electron chi connectivity index (χ3n) is 3.68. The van der Waals surface area contributed by atoms with Crippen molar-refractivity contribution >= 4 is 16.9 Å². The molecule has 2 heterocycles. The van der Waals surface area contributed by atoms with Gasteiger partial charge in [-0.2, -0.15) is 0 Å². The molecule has 22 heavy (non-hydrogen) atoms. The van der Waals surface area contributed by atoms with Crippen LogP contribution in [0.25, 0.3) is 11.0 Å². The molecule has 1 N–H and O–H groups in total. The minimum Gasteiger partial charge on any atom is -0.375 e. The van der Waals surface area contributed by atoms with E-state index >= 15 is 0 Å². The number of hydrogen-bond acceptors (Lipinski definition) is 5. The number of nitrogens with zero attached hydrogens (tertiary/aromatic N) is 3. The first kappa shape index (κ1) is 14.4. The normalized spacial score (nSPS) is 12.3. The fourth-order valence-corrected chi connectivity index (χ4v) is 2.49. The maximum atomic E-state index is 5.63. The Hall–Kier alpha value is -2.53. The van der Waals surface area contributed by atoms with E-state index in [1.807, 2.05) is 24.3 Å². The van der Waals surface area contributed by atoms with Crippen LogP contribution in [0.1, 0.15) is 17.2 Å². The van der Waals surface area contributed by atoms with Crippen molar-refractivity contribution in [2.75, 3.05) is 19.0 Å². The van der Waals surface area contributed by atoms with Crippen LogP contribution < -0.4 is 5.32 Å². The summed E-state index contributed by atoms with van der Waals surface area (Å²) in [5.41, 5.74) is 3.07. The van der Waals surface area contributed by atoms with Gasteiger partial charge in [0, 0.05) is 19.9 Å². The molecule has 0 spiro atoms. The molecule has 0 saturated carbocycles. The van der Waals surface area contributed by atoms with Gasteiger partial charge in [0.1, 0.15) is 12.1 Å². The van der Waals surface area contributed by atoms with Crippen molar-refractivity contribution < 1.29 is 4.74 Å². The lowest BCUT2D eigenvalue weighted by Gasteiger charge is -2.19. The van der Waals surface area contributed by atoms with E-state index in [-0.39, 0.29) is 6.10 Å². The standard InChI is InChI=1S/C17H18N4O/c1-12-6-3-4-7-13(12)15(22-2)10-19-17-14-8-5-9-18-16(14)20-11-21-17/h3-9,11,15H,10H2,1-2H3,(H,18,19,20,21). The van der Waals surface area contributed by atoms with Crippen LogP contribution in [0.2, 0.25) is 0 Å². The van der Waals surface area contributed by atoms with Crippen molar-refractivity contribution in [3.05, 3.63) is 60.0 Å². The monoisotopic (exact) mass is 294 g/mol. The van der Waals surface area contributed by atoms with Gasteiger partial charge in [0.25, 0.3) is 0 Å². The highest BCUT2D eigenvalue weighted by Gasteiger charge is 2.13. The second-order valence-corrected chi connectivity index (χ2v) is 5.06. The van der Waals surface area contributed by atoms with Gasteiger partial charge in [-0.3, -0.25) is 0 Å². The molecule has 0 bridgehead atoms. The molecular formula is C17H18N4O. The van der Waals surface area contributed by atoms with Crippen LogP contribution in [-0.4, -0.2) is 28.6 Å². The molecule has 0 saturated heterocycles. The Kier molecular flexibility index (Phi) is 4.25. The Morgan fingerprint density at radius 3 is 2.77 bits per heavy atom. The maximum Gasteiger partial charge on any atom is 0.164 e. The van der Waals surface area contributed by atoms with E-state index in [9.17, 15) is 0 Å². The highest BCUT2D eigenvalue weighted by Crippen LogP contribution is 2.22. The van der Waals surface area contributed by atoms with Crippen molar-refractivity contribution in [3.63, 3.8) is 0 Å². The molecule has 1 atom stereocenters. The fraction of sp³-hybridized carbons (Fsp3) is 0.235. The molecule has 112 valence electrons. The molecule has 3 rings (SSSR count). The van der Waals surface area contributed by atoms with E-state index in [1.165, 1.54) is 17.5 Å². The van der Waals surface area contributed by atoms with Crippen LogP contribution in [0.15, 0.2) is 48.9 Å². The summed E-state index contributed by atoms with van der Waals surface area (Å²) < 4.78 is 5.63. The summed E-state index contributed by atoms with van der Waals surface area (Å²) in [5.74, 6) is 0.772. The second-order valence-electron chi connectivity index (χ2n) is 5.06. The topological polar surface area (TPSA) is 59.9 Å². The van der Waals surface area contributed by atoms with Gasteiger partial charge in [-0.15, -0.1) is 0 Å². The van der Waals surface area contributed by atoms with Crippen LogP contribution in [0, 0.1) is 6.92 Å². The third-order valence-corrected chi connectivity index (χ3v) is 3.68. The third kappa shape index (κ3) is 2.89. The van der Waals surface area contributed by atoms with Crippen LogP contribution in [0.5, 0.6) is 0 Å². The zero-order valence-electron chi connectivity index (χ0n) is 12.7. The fourth-order valence-electron chi connectivity index (χ4n) is 2.49. The van der Waals surface area contributed by atoms with E-state index in [0.717, 1.165) is 11.2 Å². The lowest BCUT2D eigenvalue weighted by Crippen LogP contribution is -2.16. The van der Waals surface area contributed by atoms with Crippen molar-refractivity contribution in [3.8, 4) is 0 Å². The first-order valence-electron chi connectivity index (χ1n) is 7.17. The van der Waals surface area contributed by atoms with Gasteiger partial charge >= 0.3 is 0 Å². The Balaban J connectivity index is 1.82. The average Bonchev–Trinajstić information content (AvgIpc) is 2.57. The van der Waals surface area contributed by atoms with E-state index in [0.29, 0.717) is 12.2 Å². The smallest absolute Gasteiger partial charge is 0.164 e. The lowest BCUT2D eigenvalue weighted by atomic mass is 10.0. The molecule has 5 heteroatoms. The first-order chi connectivity index (χ1) is 10.8. The maximum absolute atomic E-state index is 5.63. The zero-order valence-corrected chi connectivity index (χ0v) is 12.7. The zero-order chi connectivity index (χ0) is 15.4. The van der Waals surface area contributed by atoms with Crippen LogP contribution in [0.4, 0.5) is 5.82 Å². The summed E-state index contributed by atoms with van der Waals surface area (Å²) in [4.78, 5) is 12.7. The number of aryl methyl sites for hydroxylation is 1. The number of aromatic nitrogens is 3. The molecule has 3 aromatic rings. The minimum atomic E-state index is -0.0390. The Morgan fingerprint density at radius 2 is 1.95 bits per heavy atom. The van der Waals surface area contributed by atoms with Gasteiger partial charge in [0.2, 0.25) is 0 Å². The summed E-state index contributed by atoms with van der Waals surface area (Å²) in [6.45, 7) is 2.72. The van der Waals surface area contributed by atoms with Crippen molar-refractivity contribution in [2.24, 2.45) is 0 Å². The lowest BCUT2D eigenvalue weighted by molar-refractivity contribution is 0.113. The number of methoxy groups -OCH3 is 1. The summed E-state index contributed by atoms with van der Waals surface area (Å²) in [5, 5.41) is 4.26. The SMILES string of the molecule is COC(CNc1ncnc2ncccc12)c1ccccc1C. The van der Waals surface area contributed by atoms with Crippen LogP contribution >= 0.6 is 0 Å². The number of ether oxygens (including phenoxy) is 1. The Labute approximate surface area is 129 Å². The predicted octanol–water partition coefficient (Wildman–Crippen LogP) is 3.13. The summed E-state index contributed by atoms with van der Waals surface area (Å²) in [6.07, 6.45) is 3.21. The molecule has 0 fully saturated rings. The van der Waals surface area contributed by atoms with Crippen molar-refractivity contribution in [1.82, 2.24) is 15.0 Å². The molecular weight excluding hydrogens is 276 g/mol. The number of anilines is 1. The van der Waals surface area contributed by atoms with Gasteiger partial charge < -0.3 is 10.1 Å². The molecule has 0 amide bonds. The highest BCUT2D eigenvalue weighted by atomic mass is 16.5. The summed E-state index contributed by atoms with van der Waals surface area (Å²) >= 11 is 0. The largest absolute Gasteiger partial charge is 0.375 e. The Morgan fingerprint density at radius 1 is 1.09 bits per heavy atom. The number of rotatable bonds is 5. The molecule has 2 aromatic heterocycles. The molecule has 1 unspecified atom stereocenters. The molecule has 0 aliphatic heterocycles. The second kappa shape index (κ2) is 6.49. The van der Waals surface area contributed by atoms with Gasteiger partial charge in [0.05, 0.1) is 11.5 Å². The van der Waals surface area contributed by atoms with E-state index in [4.69, 9.17) is 4.74 Å². The quantitative estimate of drug-likeness (QED) is 0.783. The van der Waals surface area contributed by atoms with E-state index in [2.05, 4.69) is 39.3 Å². The van der Waals surface area contributed by atoms with Crippen LogP contribution in [0.3, 0.4) is 0 Å². The van der Waals surface area contributed by atoms with Gasteiger partial charge in [-0.05, 0) is 30.2 Å². The summed E-state index contributed by atoms with van der Waals surface area (Å²) in [7, 11) is 1.72. The number of pyridine rings is 1. The molecule has 5 nitrogen and oxygen atoms in total. The molecule has 1 aromatic carbocycles. The first-order valence-corrected chi connectivity index (χ1v) is 7.17. The summed E-state index contributed by atoms with van der Waals surface area (Å²) in [6, 6.07) is 12.1. The van der Waals surface area contributed by atoms with Crippen LogP contribution in [-0.2, 0) is 4.74 Å². The van der Waals surface area contributed by atoms with Gasteiger partial charge in [-0.25, -0.2) is 15.0 Å². The number of nitrogens with one attached hydrogen (secondary N) is 1. The number of hydrogen-bond donors (Lipinski definition) is 1. The number of fused-ring (bicyclic) bond motifs is 1. The Bertz CT molecular complexity index is 770. The molecule has 0 radical (unpaired) electrons. The van der Waals surface area contributed by atoms with Gasteiger partial charge in [-0.1, -0.05) is 24.3 Å². The minimum absolute atomic E-state index is 0.0390. The number of benzene rings is 1. The predicted molar refractivity (Wildman–Crippen MR) is 86.8 cm³/mol. The van der Waals surface area contributed by atoms with Crippen molar-refractivity contribution in [1.29, 1.82) is 0 Å². The van der Waals surface area contributed by atoms with Gasteiger partial charge in [0.15, 0.2) is 5.65 Å². The van der Waals surface area contributed by atoms with E-state index in [1.54, 1.807) is 13.3 Å². The molecule has 0 aliphatic carbocycles. The highest BCUT2D eigenvalue weighted by molar-refractivity contribution is 5.85. The average molecular weight is 294 g/mol. The molecule has 0 aliphatic rings. The van der Waals surface area contributed by atoms with E-state index < -0.39 is 0 Å².